The Morgan fingerprint density at radius 2 is 1.93 bits per heavy atom. The maximum Gasteiger partial charge on any atom is 0.234 e. The highest BCUT2D eigenvalue weighted by molar-refractivity contribution is 5.78. The number of likely N-dealkylation sites (tertiary alicyclic amines) is 1. The third kappa shape index (κ3) is 4.25. The van der Waals surface area contributed by atoms with Crippen LogP contribution in [0.15, 0.2) is 48.5 Å². The first-order valence-electron chi connectivity index (χ1n) is 10.4. The summed E-state index contributed by atoms with van der Waals surface area (Å²) >= 11 is 0. The van der Waals surface area contributed by atoms with E-state index < -0.39 is 0 Å². The highest BCUT2D eigenvalue weighted by Crippen LogP contribution is 2.47. The number of nitrogens with zero attached hydrogens (tertiary/aromatic N) is 1. The molecule has 1 aliphatic heterocycles. The maximum atomic E-state index is 12.7. The minimum atomic E-state index is 0.103. The molecular formula is C24H30N2O3. The third-order valence-electron chi connectivity index (χ3n) is 6.37. The quantitative estimate of drug-likeness (QED) is 0.742. The van der Waals surface area contributed by atoms with Crippen LogP contribution in [0.5, 0.6) is 11.5 Å². The van der Waals surface area contributed by atoms with Gasteiger partial charge in [-0.05, 0) is 43.9 Å². The fourth-order valence-electron chi connectivity index (χ4n) is 4.48. The van der Waals surface area contributed by atoms with E-state index >= 15 is 0 Å². The Balaban J connectivity index is 1.38. The maximum absolute atomic E-state index is 12.7. The Morgan fingerprint density at radius 1 is 1.14 bits per heavy atom. The molecule has 5 heteroatoms. The minimum absolute atomic E-state index is 0.103. The number of hydrogen-bond donors (Lipinski definition) is 1. The van der Waals surface area contributed by atoms with Crippen LogP contribution in [0, 0.1) is 0 Å². The monoisotopic (exact) mass is 394 g/mol. The molecule has 1 saturated carbocycles. The molecule has 1 amide bonds. The molecule has 0 bridgehead atoms. The topological polar surface area (TPSA) is 50.8 Å². The van der Waals surface area contributed by atoms with Crippen molar-refractivity contribution in [1.82, 2.24) is 10.2 Å². The fourth-order valence-corrected chi connectivity index (χ4v) is 4.48. The van der Waals surface area contributed by atoms with Crippen molar-refractivity contribution < 1.29 is 14.3 Å². The Kier molecular flexibility index (Phi) is 5.76. The van der Waals surface area contributed by atoms with Crippen LogP contribution in [-0.4, -0.2) is 44.7 Å². The molecule has 1 aliphatic carbocycles. The van der Waals surface area contributed by atoms with Gasteiger partial charge in [0.2, 0.25) is 5.91 Å². The zero-order valence-electron chi connectivity index (χ0n) is 17.3. The van der Waals surface area contributed by atoms with E-state index in [1.807, 2.05) is 18.2 Å². The number of carbonyl (C=O) groups excluding carboxylic acids is 1. The van der Waals surface area contributed by atoms with Crippen molar-refractivity contribution in [1.29, 1.82) is 0 Å². The molecule has 0 spiro atoms. The van der Waals surface area contributed by atoms with Gasteiger partial charge in [-0.15, -0.1) is 0 Å². The second kappa shape index (κ2) is 8.46. The highest BCUT2D eigenvalue weighted by atomic mass is 16.5. The second-order valence-corrected chi connectivity index (χ2v) is 8.16. The number of amides is 1. The molecule has 4 rings (SSSR count). The molecule has 1 saturated heterocycles. The fraction of sp³-hybridized carbons (Fsp3) is 0.458. The van der Waals surface area contributed by atoms with E-state index in [0.29, 0.717) is 6.54 Å². The predicted octanol–water partition coefficient (Wildman–Crippen LogP) is 3.69. The van der Waals surface area contributed by atoms with Crippen LogP contribution in [0.25, 0.3) is 0 Å². The molecule has 2 fully saturated rings. The zero-order valence-corrected chi connectivity index (χ0v) is 17.3. The molecule has 1 heterocycles. The number of rotatable bonds is 8. The van der Waals surface area contributed by atoms with Gasteiger partial charge in [-0.2, -0.15) is 0 Å². The summed E-state index contributed by atoms with van der Waals surface area (Å²) in [6.45, 7) is 2.07. The van der Waals surface area contributed by atoms with Crippen LogP contribution in [0.1, 0.15) is 42.9 Å². The number of ether oxygens (including phenoxy) is 2. The van der Waals surface area contributed by atoms with Crippen molar-refractivity contribution in [2.45, 2.75) is 37.1 Å². The largest absolute Gasteiger partial charge is 0.497 e. The first-order valence-corrected chi connectivity index (χ1v) is 10.4. The molecule has 0 aromatic heterocycles. The summed E-state index contributed by atoms with van der Waals surface area (Å²) in [6, 6.07) is 16.7. The third-order valence-corrected chi connectivity index (χ3v) is 6.37. The molecule has 2 aromatic rings. The number of methoxy groups -OCH3 is 2. The van der Waals surface area contributed by atoms with Gasteiger partial charge >= 0.3 is 0 Å². The molecule has 5 nitrogen and oxygen atoms in total. The Bertz CT molecular complexity index is 848. The molecular weight excluding hydrogens is 364 g/mol. The Hall–Kier alpha value is -2.53. The van der Waals surface area contributed by atoms with Gasteiger partial charge in [0.05, 0.1) is 20.8 Å². The van der Waals surface area contributed by atoms with Crippen molar-refractivity contribution in [3.8, 4) is 11.5 Å². The lowest BCUT2D eigenvalue weighted by Gasteiger charge is -2.26. The summed E-state index contributed by atoms with van der Waals surface area (Å²) in [5.41, 5.74) is 2.60. The van der Waals surface area contributed by atoms with E-state index in [0.717, 1.165) is 55.8 Å². The van der Waals surface area contributed by atoms with Crippen LogP contribution in [0.3, 0.4) is 0 Å². The van der Waals surface area contributed by atoms with Gasteiger partial charge < -0.3 is 14.8 Å². The van der Waals surface area contributed by atoms with Gasteiger partial charge in [0.1, 0.15) is 11.5 Å². The van der Waals surface area contributed by atoms with E-state index in [1.54, 1.807) is 14.2 Å². The summed E-state index contributed by atoms with van der Waals surface area (Å²) < 4.78 is 10.9. The first kappa shape index (κ1) is 19.8. The predicted molar refractivity (Wildman–Crippen MR) is 113 cm³/mol. The average molecular weight is 395 g/mol. The van der Waals surface area contributed by atoms with Crippen molar-refractivity contribution in [3.05, 3.63) is 59.7 Å². The molecule has 1 unspecified atom stereocenters. The second-order valence-electron chi connectivity index (χ2n) is 8.16. The van der Waals surface area contributed by atoms with E-state index in [4.69, 9.17) is 9.47 Å². The van der Waals surface area contributed by atoms with Crippen LogP contribution >= 0.6 is 0 Å². The smallest absolute Gasteiger partial charge is 0.234 e. The Labute approximate surface area is 173 Å². The summed E-state index contributed by atoms with van der Waals surface area (Å²) in [5.74, 6) is 1.71. The lowest BCUT2D eigenvalue weighted by molar-refractivity contribution is -0.122. The van der Waals surface area contributed by atoms with Gasteiger partial charge in [-0.1, -0.05) is 36.4 Å². The van der Waals surface area contributed by atoms with Crippen LogP contribution in [0.2, 0.25) is 0 Å². The average Bonchev–Trinajstić information content (AvgIpc) is 3.44. The Morgan fingerprint density at radius 3 is 2.62 bits per heavy atom. The molecule has 1 atom stereocenters. The summed E-state index contributed by atoms with van der Waals surface area (Å²) in [5, 5.41) is 3.20. The van der Waals surface area contributed by atoms with Crippen molar-refractivity contribution in [2.75, 3.05) is 33.9 Å². The van der Waals surface area contributed by atoms with Crippen molar-refractivity contribution in [3.63, 3.8) is 0 Å². The molecule has 154 valence electrons. The SMILES string of the molecule is COc1ccc(C2CCCN2CC(=O)NCC2(c3ccccc3)CC2)c(OC)c1. The molecule has 29 heavy (non-hydrogen) atoms. The highest BCUT2D eigenvalue weighted by Gasteiger charge is 2.44. The first-order chi connectivity index (χ1) is 14.1. The van der Waals surface area contributed by atoms with E-state index in [2.05, 4.69) is 40.5 Å². The van der Waals surface area contributed by atoms with Gasteiger partial charge in [0.25, 0.3) is 0 Å². The lowest BCUT2D eigenvalue weighted by atomic mass is 9.96. The number of benzene rings is 2. The van der Waals surface area contributed by atoms with Crippen LogP contribution in [0.4, 0.5) is 0 Å². The zero-order chi connectivity index (χ0) is 20.3. The van der Waals surface area contributed by atoms with Gasteiger partial charge in [0, 0.05) is 29.6 Å². The number of nitrogens with one attached hydrogen (secondary N) is 1. The summed E-state index contributed by atoms with van der Waals surface area (Å²) in [4.78, 5) is 15.0. The normalized spacial score (nSPS) is 20.3. The number of carbonyl (C=O) groups is 1. The standard InChI is InChI=1S/C24H30N2O3/c1-28-19-10-11-20(22(15-19)29-2)21-9-6-14-26(21)16-23(27)25-17-24(12-13-24)18-7-4-3-5-8-18/h3-5,7-8,10-11,15,21H,6,9,12-14,16-17H2,1-2H3,(H,25,27). The van der Waals surface area contributed by atoms with Crippen LogP contribution in [-0.2, 0) is 10.2 Å². The molecule has 0 radical (unpaired) electrons. The van der Waals surface area contributed by atoms with Crippen molar-refractivity contribution >= 4 is 5.91 Å². The summed E-state index contributed by atoms with van der Waals surface area (Å²) in [6.07, 6.45) is 4.41. The molecule has 1 N–H and O–H groups in total. The van der Waals surface area contributed by atoms with Gasteiger partial charge in [0.15, 0.2) is 0 Å². The van der Waals surface area contributed by atoms with E-state index in [-0.39, 0.29) is 17.4 Å². The van der Waals surface area contributed by atoms with E-state index in [1.165, 1.54) is 5.56 Å². The minimum Gasteiger partial charge on any atom is -0.497 e. The van der Waals surface area contributed by atoms with Gasteiger partial charge in [-0.3, -0.25) is 9.69 Å². The summed E-state index contributed by atoms with van der Waals surface area (Å²) in [7, 11) is 3.34. The molecule has 2 aromatic carbocycles. The van der Waals surface area contributed by atoms with Crippen LogP contribution < -0.4 is 14.8 Å². The molecule has 2 aliphatic rings. The lowest BCUT2D eigenvalue weighted by Crippen LogP contribution is -2.40. The van der Waals surface area contributed by atoms with Gasteiger partial charge in [-0.25, -0.2) is 0 Å². The number of hydrogen-bond acceptors (Lipinski definition) is 4. The van der Waals surface area contributed by atoms with Crippen molar-refractivity contribution in [2.24, 2.45) is 0 Å². The van der Waals surface area contributed by atoms with E-state index in [9.17, 15) is 4.79 Å².